The Morgan fingerprint density at radius 3 is 2.22 bits per heavy atom. The van der Waals surface area contributed by atoms with Crippen LogP contribution in [0.15, 0.2) is 48.5 Å². The lowest BCUT2D eigenvalue weighted by atomic mass is 10.0. The van der Waals surface area contributed by atoms with Gasteiger partial charge in [0.15, 0.2) is 0 Å². The van der Waals surface area contributed by atoms with E-state index in [0.717, 1.165) is 49.0 Å². The van der Waals surface area contributed by atoms with Crippen LogP contribution >= 0.6 is 11.6 Å². The van der Waals surface area contributed by atoms with E-state index in [-0.39, 0.29) is 30.7 Å². The van der Waals surface area contributed by atoms with Crippen LogP contribution in [0.2, 0.25) is 5.02 Å². The van der Waals surface area contributed by atoms with Crippen molar-refractivity contribution in [1.29, 1.82) is 0 Å². The van der Waals surface area contributed by atoms with Gasteiger partial charge < -0.3 is 4.90 Å². The molecule has 1 aliphatic heterocycles. The predicted octanol–water partition coefficient (Wildman–Crippen LogP) is 4.91. The van der Waals surface area contributed by atoms with Crippen LogP contribution in [0.1, 0.15) is 50.5 Å². The summed E-state index contributed by atoms with van der Waals surface area (Å²) in [5.74, 6) is -1.39. The van der Waals surface area contributed by atoms with E-state index in [1.165, 1.54) is 24.3 Å². The fourth-order valence-corrected chi connectivity index (χ4v) is 4.86. The zero-order valence-electron chi connectivity index (χ0n) is 17.8. The summed E-state index contributed by atoms with van der Waals surface area (Å²) in [7, 11) is 0. The minimum absolute atomic E-state index is 0.0565. The Morgan fingerprint density at radius 2 is 1.59 bits per heavy atom. The number of hydrogen-bond acceptors (Lipinski definition) is 3. The van der Waals surface area contributed by atoms with Gasteiger partial charge in [-0.05, 0) is 54.8 Å². The van der Waals surface area contributed by atoms with Crippen molar-refractivity contribution in [3.8, 4) is 0 Å². The number of imide groups is 1. The minimum atomic E-state index is -0.838. The molecule has 32 heavy (non-hydrogen) atoms. The van der Waals surface area contributed by atoms with E-state index in [9.17, 15) is 18.8 Å². The zero-order valence-corrected chi connectivity index (χ0v) is 18.6. The number of carbonyl (C=O) groups excluding carboxylic acids is 3. The van der Waals surface area contributed by atoms with E-state index in [0.29, 0.717) is 10.7 Å². The van der Waals surface area contributed by atoms with Gasteiger partial charge in [-0.3, -0.25) is 14.4 Å². The first-order valence-corrected chi connectivity index (χ1v) is 11.5. The molecule has 0 spiro atoms. The largest absolute Gasteiger partial charge is 0.327 e. The van der Waals surface area contributed by atoms with Crippen molar-refractivity contribution in [1.82, 2.24) is 4.90 Å². The molecule has 5 nitrogen and oxygen atoms in total. The van der Waals surface area contributed by atoms with Crippen LogP contribution in [0, 0.1) is 5.82 Å². The SMILES string of the molecule is O=C1CC(N(C(=O)Cc2ccc(Cl)cc2)C2CCCCCC2)C(=O)N1c1ccc(F)cc1. The van der Waals surface area contributed by atoms with Gasteiger partial charge in [0.25, 0.3) is 5.91 Å². The van der Waals surface area contributed by atoms with Crippen LogP contribution in [0.25, 0.3) is 0 Å². The maximum absolute atomic E-state index is 13.5. The van der Waals surface area contributed by atoms with Gasteiger partial charge in [-0.2, -0.15) is 0 Å². The standard InChI is InChI=1S/C25H26ClFN2O3/c26-18-9-7-17(8-10-18)15-23(30)28(20-5-3-1-2-4-6-20)22-16-24(31)29(25(22)32)21-13-11-19(27)12-14-21/h7-14,20,22H,1-6,15-16H2. The van der Waals surface area contributed by atoms with E-state index in [1.54, 1.807) is 29.2 Å². The number of carbonyl (C=O) groups is 3. The summed E-state index contributed by atoms with van der Waals surface area (Å²) in [6.07, 6.45) is 5.92. The number of amides is 3. The second-order valence-electron chi connectivity index (χ2n) is 8.51. The van der Waals surface area contributed by atoms with Crippen LogP contribution in [0.5, 0.6) is 0 Å². The molecule has 7 heteroatoms. The molecule has 0 radical (unpaired) electrons. The third-order valence-electron chi connectivity index (χ3n) is 6.32. The van der Waals surface area contributed by atoms with Crippen molar-refractivity contribution in [3.05, 3.63) is 64.9 Å². The Kier molecular flexibility index (Phi) is 6.89. The molecule has 4 rings (SSSR count). The lowest BCUT2D eigenvalue weighted by molar-refractivity contribution is -0.140. The highest BCUT2D eigenvalue weighted by Crippen LogP contribution is 2.31. The molecule has 1 aliphatic carbocycles. The second-order valence-corrected chi connectivity index (χ2v) is 8.95. The normalized spacial score (nSPS) is 19.8. The number of nitrogens with zero attached hydrogens (tertiary/aromatic N) is 2. The minimum Gasteiger partial charge on any atom is -0.327 e. The van der Waals surface area contributed by atoms with Gasteiger partial charge in [0.2, 0.25) is 11.8 Å². The Bertz CT molecular complexity index is 985. The summed E-state index contributed by atoms with van der Waals surface area (Å²) in [4.78, 5) is 42.4. The van der Waals surface area contributed by atoms with Gasteiger partial charge >= 0.3 is 0 Å². The summed E-state index contributed by atoms with van der Waals surface area (Å²) in [5.41, 5.74) is 1.14. The second kappa shape index (κ2) is 9.82. The number of halogens is 2. The monoisotopic (exact) mass is 456 g/mol. The van der Waals surface area contributed by atoms with Crippen molar-refractivity contribution in [3.63, 3.8) is 0 Å². The van der Waals surface area contributed by atoms with Crippen molar-refractivity contribution < 1.29 is 18.8 Å². The summed E-state index contributed by atoms with van der Waals surface area (Å²) in [6, 6.07) is 11.4. The van der Waals surface area contributed by atoms with Gasteiger partial charge in [-0.25, -0.2) is 9.29 Å². The van der Waals surface area contributed by atoms with E-state index in [4.69, 9.17) is 11.6 Å². The maximum Gasteiger partial charge on any atom is 0.257 e. The molecule has 3 amide bonds. The zero-order chi connectivity index (χ0) is 22.7. The van der Waals surface area contributed by atoms with E-state index in [1.807, 2.05) is 0 Å². The Hall–Kier alpha value is -2.73. The van der Waals surface area contributed by atoms with Gasteiger partial charge in [0.05, 0.1) is 18.5 Å². The lowest BCUT2D eigenvalue weighted by Crippen LogP contribution is -2.51. The van der Waals surface area contributed by atoms with Crippen molar-refractivity contribution in [2.75, 3.05) is 4.90 Å². The molecule has 0 N–H and O–H groups in total. The van der Waals surface area contributed by atoms with E-state index >= 15 is 0 Å². The first-order chi connectivity index (χ1) is 15.4. The molecule has 1 atom stereocenters. The van der Waals surface area contributed by atoms with Crippen molar-refractivity contribution in [2.45, 2.75) is 63.5 Å². The molecule has 1 saturated heterocycles. The molecule has 1 saturated carbocycles. The third kappa shape index (κ3) is 4.85. The summed E-state index contributed by atoms with van der Waals surface area (Å²) >= 11 is 5.97. The average Bonchev–Trinajstić information content (AvgIpc) is 2.94. The molecule has 1 heterocycles. The van der Waals surface area contributed by atoms with Crippen molar-refractivity contribution in [2.24, 2.45) is 0 Å². The predicted molar refractivity (Wildman–Crippen MR) is 121 cm³/mol. The molecule has 2 aromatic rings. The highest BCUT2D eigenvalue weighted by atomic mass is 35.5. The molecule has 1 unspecified atom stereocenters. The summed E-state index contributed by atoms with van der Waals surface area (Å²) < 4.78 is 13.3. The quantitative estimate of drug-likeness (QED) is 0.474. The van der Waals surface area contributed by atoms with E-state index < -0.39 is 17.8 Å². The fourth-order valence-electron chi connectivity index (χ4n) is 4.73. The molecule has 168 valence electrons. The third-order valence-corrected chi connectivity index (χ3v) is 6.57. The summed E-state index contributed by atoms with van der Waals surface area (Å²) in [6.45, 7) is 0. The number of hydrogen-bond donors (Lipinski definition) is 0. The fraction of sp³-hybridized carbons (Fsp3) is 0.400. The van der Waals surface area contributed by atoms with Crippen LogP contribution < -0.4 is 4.90 Å². The summed E-state index contributed by atoms with van der Waals surface area (Å²) in [5, 5.41) is 0.591. The molecule has 2 aliphatic rings. The molecule has 2 fully saturated rings. The average molecular weight is 457 g/mol. The molecule has 2 aromatic carbocycles. The van der Waals surface area contributed by atoms with Gasteiger partial charge in [0.1, 0.15) is 11.9 Å². The topological polar surface area (TPSA) is 57.7 Å². The van der Waals surface area contributed by atoms with Crippen LogP contribution in [0.4, 0.5) is 10.1 Å². The van der Waals surface area contributed by atoms with Gasteiger partial charge in [0, 0.05) is 11.1 Å². The van der Waals surface area contributed by atoms with E-state index in [2.05, 4.69) is 0 Å². The maximum atomic E-state index is 13.5. The molecular formula is C25H26ClFN2O3. The number of benzene rings is 2. The smallest absolute Gasteiger partial charge is 0.257 e. The highest BCUT2D eigenvalue weighted by molar-refractivity contribution is 6.30. The Balaban J connectivity index is 1.62. The van der Waals surface area contributed by atoms with Crippen LogP contribution in [-0.2, 0) is 20.8 Å². The Labute approximate surface area is 192 Å². The van der Waals surface area contributed by atoms with Crippen LogP contribution in [0.3, 0.4) is 0 Å². The van der Waals surface area contributed by atoms with Gasteiger partial charge in [-0.15, -0.1) is 0 Å². The molecule has 0 bridgehead atoms. The van der Waals surface area contributed by atoms with Crippen LogP contribution in [-0.4, -0.2) is 34.7 Å². The molecular weight excluding hydrogens is 431 g/mol. The first kappa shape index (κ1) is 22.5. The molecule has 0 aromatic heterocycles. The number of rotatable bonds is 5. The Morgan fingerprint density at radius 1 is 0.969 bits per heavy atom. The lowest BCUT2D eigenvalue weighted by Gasteiger charge is -2.35. The van der Waals surface area contributed by atoms with Crippen molar-refractivity contribution >= 4 is 35.0 Å². The highest BCUT2D eigenvalue weighted by Gasteiger charge is 2.46. The van der Waals surface area contributed by atoms with Gasteiger partial charge in [-0.1, -0.05) is 49.4 Å². The number of anilines is 1. The first-order valence-electron chi connectivity index (χ1n) is 11.1.